The van der Waals surface area contributed by atoms with E-state index in [-0.39, 0.29) is 5.91 Å². The number of nitrogens with zero attached hydrogens (tertiary/aromatic N) is 1. The lowest BCUT2D eigenvalue weighted by atomic mass is 10.0. The van der Waals surface area contributed by atoms with Crippen molar-refractivity contribution >= 4 is 44.1 Å². The molecule has 112 valence electrons. The van der Waals surface area contributed by atoms with Gasteiger partial charge in [0.1, 0.15) is 0 Å². The highest BCUT2D eigenvalue weighted by Gasteiger charge is 2.14. The first-order chi connectivity index (χ1) is 10.7. The van der Waals surface area contributed by atoms with Crippen molar-refractivity contribution in [2.75, 3.05) is 11.9 Å². The summed E-state index contributed by atoms with van der Waals surface area (Å²) in [5, 5.41) is 6.57. The summed E-state index contributed by atoms with van der Waals surface area (Å²) in [5.41, 5.74) is 3.49. The third kappa shape index (κ3) is 3.05. The summed E-state index contributed by atoms with van der Waals surface area (Å²) in [6, 6.07) is 11.9. The van der Waals surface area contributed by atoms with Crippen LogP contribution < -0.4 is 5.32 Å². The molecule has 22 heavy (non-hydrogen) atoms. The molecule has 5 heteroatoms. The molecule has 3 rings (SSSR count). The molecule has 3 aromatic rings. The predicted molar refractivity (Wildman–Crippen MR) is 95.9 cm³/mol. The Morgan fingerprint density at radius 2 is 2.18 bits per heavy atom. The van der Waals surface area contributed by atoms with Crippen LogP contribution in [0.3, 0.4) is 0 Å². The molecule has 0 aliphatic carbocycles. The zero-order chi connectivity index (χ0) is 15.5. The molecule has 0 fully saturated rings. The zero-order valence-electron chi connectivity index (χ0n) is 12.1. The van der Waals surface area contributed by atoms with Gasteiger partial charge < -0.3 is 5.32 Å². The Labute approximate surface area is 141 Å². The lowest BCUT2D eigenvalue weighted by Gasteiger charge is -2.10. The molecule has 1 amide bonds. The van der Waals surface area contributed by atoms with Crippen molar-refractivity contribution < 1.29 is 4.79 Å². The van der Waals surface area contributed by atoms with Gasteiger partial charge in [0.05, 0.1) is 21.7 Å². The fourth-order valence-corrected chi connectivity index (χ4v) is 3.22. The highest BCUT2D eigenvalue weighted by molar-refractivity contribution is 9.09. The van der Waals surface area contributed by atoms with Crippen LogP contribution in [-0.2, 0) is 0 Å². The van der Waals surface area contributed by atoms with E-state index in [0.717, 1.165) is 32.4 Å². The smallest absolute Gasteiger partial charge is 0.252 e. The second kappa shape index (κ2) is 6.58. The normalized spacial score (nSPS) is 10.8. The highest BCUT2D eigenvalue weighted by atomic mass is 79.9. The van der Waals surface area contributed by atoms with E-state index in [2.05, 4.69) is 21.2 Å². The van der Waals surface area contributed by atoms with Crippen molar-refractivity contribution in [1.29, 1.82) is 0 Å². The van der Waals surface area contributed by atoms with Crippen LogP contribution in [0.25, 0.3) is 21.5 Å². The van der Waals surface area contributed by atoms with Crippen LogP contribution in [0.4, 0.5) is 0 Å². The highest BCUT2D eigenvalue weighted by Crippen LogP contribution is 2.28. The second-order valence-corrected chi connectivity index (χ2v) is 6.74. The molecule has 0 aliphatic rings. The van der Waals surface area contributed by atoms with Crippen LogP contribution >= 0.6 is 27.3 Å². The number of fused-ring (bicyclic) bond motifs is 1. The Hall–Kier alpha value is -1.72. The molecular formula is C17H15BrN2OS. The number of carbonyl (C=O) groups excluding carboxylic acids is 1. The van der Waals surface area contributed by atoms with Gasteiger partial charge in [0, 0.05) is 17.3 Å². The molecule has 0 saturated carbocycles. The maximum atomic E-state index is 12.5. The molecular weight excluding hydrogens is 360 g/mol. The van der Waals surface area contributed by atoms with Gasteiger partial charge in [-0.1, -0.05) is 33.6 Å². The number of nitrogens with one attached hydrogen (secondary N) is 1. The monoisotopic (exact) mass is 374 g/mol. The third-order valence-corrected chi connectivity index (χ3v) is 4.65. The zero-order valence-corrected chi connectivity index (χ0v) is 14.5. The SMILES string of the molecule is Cc1ccc2nc(-c3cccs3)cc(C(=O)NCCBr)c2c1. The van der Waals surface area contributed by atoms with E-state index >= 15 is 0 Å². The summed E-state index contributed by atoms with van der Waals surface area (Å²) < 4.78 is 0. The van der Waals surface area contributed by atoms with Crippen LogP contribution in [0.5, 0.6) is 0 Å². The van der Waals surface area contributed by atoms with Crippen molar-refractivity contribution in [2.24, 2.45) is 0 Å². The number of thiophene rings is 1. The van der Waals surface area contributed by atoms with Crippen molar-refractivity contribution in [3.05, 3.63) is 52.9 Å². The molecule has 3 nitrogen and oxygen atoms in total. The largest absolute Gasteiger partial charge is 0.351 e. The number of amides is 1. The summed E-state index contributed by atoms with van der Waals surface area (Å²) >= 11 is 4.96. The number of hydrogen-bond acceptors (Lipinski definition) is 3. The van der Waals surface area contributed by atoms with E-state index in [0.29, 0.717) is 12.1 Å². The average molecular weight is 375 g/mol. The Kier molecular flexibility index (Phi) is 4.55. The lowest BCUT2D eigenvalue weighted by Crippen LogP contribution is -2.25. The Bertz CT molecular complexity index is 815. The number of hydrogen-bond donors (Lipinski definition) is 1. The first-order valence-corrected chi connectivity index (χ1v) is 8.98. The van der Waals surface area contributed by atoms with E-state index in [1.807, 2.05) is 48.7 Å². The minimum absolute atomic E-state index is 0.0599. The van der Waals surface area contributed by atoms with Gasteiger partial charge in [0.15, 0.2) is 0 Å². The average Bonchev–Trinajstić information content (AvgIpc) is 3.06. The van der Waals surface area contributed by atoms with Gasteiger partial charge in [-0.05, 0) is 36.6 Å². The Morgan fingerprint density at radius 1 is 1.32 bits per heavy atom. The van der Waals surface area contributed by atoms with Gasteiger partial charge in [-0.15, -0.1) is 11.3 Å². The first kappa shape index (κ1) is 15.2. The summed E-state index contributed by atoms with van der Waals surface area (Å²) in [6.45, 7) is 2.62. The molecule has 0 saturated heterocycles. The topological polar surface area (TPSA) is 42.0 Å². The standard InChI is InChI=1S/C17H15BrN2OS/c1-11-4-5-14-12(9-11)13(17(21)19-7-6-18)10-15(20-14)16-3-2-8-22-16/h2-5,8-10H,6-7H2,1H3,(H,19,21). The molecule has 0 bridgehead atoms. The number of halogens is 1. The van der Waals surface area contributed by atoms with Crippen molar-refractivity contribution in [1.82, 2.24) is 10.3 Å². The van der Waals surface area contributed by atoms with Crippen molar-refractivity contribution in [2.45, 2.75) is 6.92 Å². The first-order valence-electron chi connectivity index (χ1n) is 6.98. The summed E-state index contributed by atoms with van der Waals surface area (Å²) in [6.07, 6.45) is 0. The number of carbonyl (C=O) groups is 1. The van der Waals surface area contributed by atoms with E-state index in [4.69, 9.17) is 4.98 Å². The van der Waals surface area contributed by atoms with E-state index < -0.39 is 0 Å². The molecule has 0 spiro atoms. The van der Waals surface area contributed by atoms with E-state index in [9.17, 15) is 4.79 Å². The van der Waals surface area contributed by atoms with E-state index in [1.54, 1.807) is 11.3 Å². The minimum atomic E-state index is -0.0599. The number of benzene rings is 1. The number of rotatable bonds is 4. The van der Waals surface area contributed by atoms with Gasteiger partial charge in [0.25, 0.3) is 5.91 Å². The summed E-state index contributed by atoms with van der Waals surface area (Å²) in [7, 11) is 0. The maximum absolute atomic E-state index is 12.5. The molecule has 2 aromatic heterocycles. The fourth-order valence-electron chi connectivity index (χ4n) is 2.33. The molecule has 2 heterocycles. The van der Waals surface area contributed by atoms with Gasteiger partial charge in [-0.2, -0.15) is 0 Å². The number of pyridine rings is 1. The molecule has 1 N–H and O–H groups in total. The van der Waals surface area contributed by atoms with Crippen molar-refractivity contribution in [3.63, 3.8) is 0 Å². The maximum Gasteiger partial charge on any atom is 0.252 e. The van der Waals surface area contributed by atoms with Gasteiger partial charge >= 0.3 is 0 Å². The molecule has 0 unspecified atom stereocenters. The van der Waals surface area contributed by atoms with Crippen LogP contribution in [0.1, 0.15) is 15.9 Å². The van der Waals surface area contributed by atoms with Crippen LogP contribution in [0, 0.1) is 6.92 Å². The van der Waals surface area contributed by atoms with Gasteiger partial charge in [0.2, 0.25) is 0 Å². The molecule has 1 aromatic carbocycles. The number of alkyl halides is 1. The second-order valence-electron chi connectivity index (χ2n) is 5.00. The lowest BCUT2D eigenvalue weighted by molar-refractivity contribution is 0.0958. The number of aromatic nitrogens is 1. The molecule has 0 radical (unpaired) electrons. The van der Waals surface area contributed by atoms with Gasteiger partial charge in [-0.25, -0.2) is 4.98 Å². The van der Waals surface area contributed by atoms with E-state index in [1.165, 1.54) is 0 Å². The number of aryl methyl sites for hydroxylation is 1. The van der Waals surface area contributed by atoms with Crippen LogP contribution in [0.2, 0.25) is 0 Å². The molecule has 0 atom stereocenters. The van der Waals surface area contributed by atoms with Crippen LogP contribution in [0.15, 0.2) is 41.8 Å². The Morgan fingerprint density at radius 3 is 2.91 bits per heavy atom. The van der Waals surface area contributed by atoms with Crippen molar-refractivity contribution in [3.8, 4) is 10.6 Å². The minimum Gasteiger partial charge on any atom is -0.351 e. The molecule has 0 aliphatic heterocycles. The third-order valence-electron chi connectivity index (χ3n) is 3.36. The van der Waals surface area contributed by atoms with Crippen LogP contribution in [-0.4, -0.2) is 22.8 Å². The quantitative estimate of drug-likeness (QED) is 0.687. The van der Waals surface area contributed by atoms with Gasteiger partial charge in [-0.3, -0.25) is 4.79 Å². The summed E-state index contributed by atoms with van der Waals surface area (Å²) in [4.78, 5) is 18.3. The fraction of sp³-hybridized carbons (Fsp3) is 0.176. The predicted octanol–water partition coefficient (Wildman–Crippen LogP) is 4.40. The Balaban J connectivity index is 2.17. The summed E-state index contributed by atoms with van der Waals surface area (Å²) in [5.74, 6) is -0.0599.